The monoisotopic (exact) mass is 312 g/mol. The SMILES string of the molecule is CNC(CCN1CCSCC1C)c1c(F)cccc1OC. The van der Waals surface area contributed by atoms with Crippen LogP contribution in [0.3, 0.4) is 0 Å². The highest BCUT2D eigenvalue weighted by molar-refractivity contribution is 7.99. The van der Waals surface area contributed by atoms with Crippen LogP contribution < -0.4 is 10.1 Å². The Balaban J connectivity index is 2.06. The van der Waals surface area contributed by atoms with Crippen LogP contribution in [0.4, 0.5) is 4.39 Å². The summed E-state index contributed by atoms with van der Waals surface area (Å²) in [5.74, 6) is 2.80. The highest BCUT2D eigenvalue weighted by atomic mass is 32.2. The van der Waals surface area contributed by atoms with E-state index in [-0.39, 0.29) is 11.9 Å². The van der Waals surface area contributed by atoms with Crippen LogP contribution in [-0.2, 0) is 0 Å². The van der Waals surface area contributed by atoms with Gasteiger partial charge in [-0.25, -0.2) is 4.39 Å². The van der Waals surface area contributed by atoms with Crippen LogP contribution in [0, 0.1) is 5.82 Å². The summed E-state index contributed by atoms with van der Waals surface area (Å²) in [6.07, 6.45) is 0.878. The summed E-state index contributed by atoms with van der Waals surface area (Å²) in [5, 5.41) is 3.24. The van der Waals surface area contributed by atoms with Gasteiger partial charge in [-0.3, -0.25) is 4.90 Å². The number of thioether (sulfide) groups is 1. The van der Waals surface area contributed by atoms with Gasteiger partial charge in [0, 0.05) is 42.2 Å². The second-order valence-electron chi connectivity index (χ2n) is 5.45. The van der Waals surface area contributed by atoms with Crippen molar-refractivity contribution in [3.63, 3.8) is 0 Å². The van der Waals surface area contributed by atoms with E-state index in [1.165, 1.54) is 17.6 Å². The van der Waals surface area contributed by atoms with Crippen LogP contribution in [0.15, 0.2) is 18.2 Å². The molecule has 2 atom stereocenters. The first-order chi connectivity index (χ1) is 10.2. The molecule has 1 aliphatic heterocycles. The van der Waals surface area contributed by atoms with Crippen molar-refractivity contribution in [2.75, 3.05) is 38.8 Å². The normalized spacial score (nSPS) is 21.2. The van der Waals surface area contributed by atoms with Gasteiger partial charge >= 0.3 is 0 Å². The van der Waals surface area contributed by atoms with Gasteiger partial charge in [0.15, 0.2) is 0 Å². The van der Waals surface area contributed by atoms with E-state index in [0.717, 1.165) is 19.5 Å². The first kappa shape index (κ1) is 16.6. The molecule has 2 unspecified atom stereocenters. The Morgan fingerprint density at radius 1 is 1.52 bits per heavy atom. The summed E-state index contributed by atoms with van der Waals surface area (Å²) in [7, 11) is 3.47. The number of benzene rings is 1. The quantitative estimate of drug-likeness (QED) is 0.873. The molecule has 1 aromatic rings. The lowest BCUT2D eigenvalue weighted by Crippen LogP contribution is -2.41. The minimum Gasteiger partial charge on any atom is -0.496 e. The number of methoxy groups -OCH3 is 1. The number of ether oxygens (including phenoxy) is 1. The summed E-state index contributed by atoms with van der Waals surface area (Å²) in [6.45, 7) is 4.37. The van der Waals surface area contributed by atoms with Gasteiger partial charge in [0.1, 0.15) is 11.6 Å². The van der Waals surface area contributed by atoms with Crippen molar-refractivity contribution in [1.82, 2.24) is 10.2 Å². The molecule has 1 aliphatic rings. The average molecular weight is 312 g/mol. The Hall–Kier alpha value is -0.780. The first-order valence-corrected chi connectivity index (χ1v) is 8.64. The average Bonchev–Trinajstić information content (AvgIpc) is 2.50. The number of halogens is 1. The van der Waals surface area contributed by atoms with E-state index in [2.05, 4.69) is 17.1 Å². The van der Waals surface area contributed by atoms with E-state index in [0.29, 0.717) is 17.4 Å². The van der Waals surface area contributed by atoms with Gasteiger partial charge in [-0.2, -0.15) is 11.8 Å². The molecule has 0 spiro atoms. The highest BCUT2D eigenvalue weighted by Gasteiger charge is 2.23. The second kappa shape index (κ2) is 8.01. The standard InChI is InChI=1S/C16H25FN2OS/c1-12-11-21-10-9-19(12)8-7-14(18-2)16-13(17)5-4-6-15(16)20-3/h4-6,12,14,18H,7-11H2,1-3H3. The molecule has 3 nitrogen and oxygen atoms in total. The van der Waals surface area contributed by atoms with Crippen molar-refractivity contribution < 1.29 is 9.13 Å². The zero-order valence-corrected chi connectivity index (χ0v) is 13.9. The third kappa shape index (κ3) is 4.11. The maximum Gasteiger partial charge on any atom is 0.131 e. The molecule has 1 fully saturated rings. The van der Waals surface area contributed by atoms with E-state index in [4.69, 9.17) is 4.74 Å². The lowest BCUT2D eigenvalue weighted by Gasteiger charge is -2.34. The molecule has 21 heavy (non-hydrogen) atoms. The lowest BCUT2D eigenvalue weighted by atomic mass is 10.0. The maximum absolute atomic E-state index is 14.2. The smallest absolute Gasteiger partial charge is 0.131 e. The van der Waals surface area contributed by atoms with Crippen molar-refractivity contribution in [2.24, 2.45) is 0 Å². The minimum atomic E-state index is -0.198. The van der Waals surface area contributed by atoms with Gasteiger partial charge in [0.2, 0.25) is 0 Å². The first-order valence-electron chi connectivity index (χ1n) is 7.48. The number of hydrogen-bond acceptors (Lipinski definition) is 4. The zero-order chi connectivity index (χ0) is 15.2. The van der Waals surface area contributed by atoms with Crippen LogP contribution in [0.5, 0.6) is 5.75 Å². The zero-order valence-electron chi connectivity index (χ0n) is 13.1. The fourth-order valence-corrected chi connectivity index (χ4v) is 3.94. The topological polar surface area (TPSA) is 24.5 Å². The van der Waals surface area contributed by atoms with Gasteiger partial charge in [-0.15, -0.1) is 0 Å². The Kier molecular flexibility index (Phi) is 6.33. The van der Waals surface area contributed by atoms with Gasteiger partial charge in [0.25, 0.3) is 0 Å². The van der Waals surface area contributed by atoms with Crippen LogP contribution in [0.1, 0.15) is 24.9 Å². The second-order valence-corrected chi connectivity index (χ2v) is 6.60. The summed E-state index contributed by atoms with van der Waals surface area (Å²) < 4.78 is 19.5. The van der Waals surface area contributed by atoms with Crippen molar-refractivity contribution in [3.8, 4) is 5.75 Å². The summed E-state index contributed by atoms with van der Waals surface area (Å²) in [6, 6.07) is 5.59. The van der Waals surface area contributed by atoms with Gasteiger partial charge in [-0.05, 0) is 32.5 Å². The largest absolute Gasteiger partial charge is 0.496 e. The van der Waals surface area contributed by atoms with E-state index >= 15 is 0 Å². The molecule has 1 saturated heterocycles. The fourth-order valence-electron chi connectivity index (χ4n) is 2.86. The molecule has 5 heteroatoms. The Morgan fingerprint density at radius 2 is 2.33 bits per heavy atom. The molecule has 1 heterocycles. The number of nitrogens with zero attached hydrogens (tertiary/aromatic N) is 1. The predicted octanol–water partition coefficient (Wildman–Crippen LogP) is 2.92. The van der Waals surface area contributed by atoms with E-state index in [1.807, 2.05) is 24.9 Å². The maximum atomic E-state index is 14.2. The summed E-state index contributed by atoms with van der Waals surface area (Å²) >= 11 is 2.01. The molecule has 0 saturated carbocycles. The number of rotatable bonds is 6. The Bertz CT molecular complexity index is 458. The molecule has 118 valence electrons. The van der Waals surface area contributed by atoms with E-state index in [9.17, 15) is 4.39 Å². The van der Waals surface area contributed by atoms with Crippen molar-refractivity contribution in [2.45, 2.75) is 25.4 Å². The molecule has 0 amide bonds. The Labute approximate surface area is 131 Å². The van der Waals surface area contributed by atoms with Crippen molar-refractivity contribution in [1.29, 1.82) is 0 Å². The number of nitrogens with one attached hydrogen (secondary N) is 1. The minimum absolute atomic E-state index is 0.0251. The summed E-state index contributed by atoms with van der Waals surface area (Å²) in [4.78, 5) is 2.49. The van der Waals surface area contributed by atoms with Crippen LogP contribution in [-0.4, -0.2) is 49.7 Å². The van der Waals surface area contributed by atoms with Crippen LogP contribution >= 0.6 is 11.8 Å². The molecule has 0 radical (unpaired) electrons. The summed E-state index contributed by atoms with van der Waals surface area (Å²) in [5.41, 5.74) is 0.640. The molecule has 0 aromatic heterocycles. The fraction of sp³-hybridized carbons (Fsp3) is 0.625. The van der Waals surface area contributed by atoms with E-state index in [1.54, 1.807) is 13.2 Å². The van der Waals surface area contributed by atoms with Gasteiger partial charge in [0.05, 0.1) is 7.11 Å². The third-order valence-corrected chi connectivity index (χ3v) is 5.33. The van der Waals surface area contributed by atoms with Crippen LogP contribution in [0.25, 0.3) is 0 Å². The van der Waals surface area contributed by atoms with Gasteiger partial charge in [-0.1, -0.05) is 6.07 Å². The third-order valence-electron chi connectivity index (χ3n) is 4.14. The molecule has 0 bridgehead atoms. The molecular weight excluding hydrogens is 287 g/mol. The molecule has 1 N–H and O–H groups in total. The van der Waals surface area contributed by atoms with Crippen molar-refractivity contribution in [3.05, 3.63) is 29.6 Å². The molecule has 2 rings (SSSR count). The lowest BCUT2D eigenvalue weighted by molar-refractivity contribution is 0.219. The van der Waals surface area contributed by atoms with Crippen molar-refractivity contribution >= 4 is 11.8 Å². The van der Waals surface area contributed by atoms with Crippen LogP contribution in [0.2, 0.25) is 0 Å². The molecular formula is C16H25FN2OS. The number of hydrogen-bond donors (Lipinski definition) is 1. The van der Waals surface area contributed by atoms with E-state index < -0.39 is 0 Å². The Morgan fingerprint density at radius 3 is 3.00 bits per heavy atom. The van der Waals surface area contributed by atoms with Gasteiger partial charge < -0.3 is 10.1 Å². The highest BCUT2D eigenvalue weighted by Crippen LogP contribution is 2.30. The predicted molar refractivity (Wildman–Crippen MR) is 87.7 cm³/mol. The molecule has 0 aliphatic carbocycles. The molecule has 1 aromatic carbocycles.